The van der Waals surface area contributed by atoms with Gasteiger partial charge in [0.25, 0.3) is 0 Å². The third-order valence-corrected chi connectivity index (χ3v) is 3.84. The molecule has 3 nitrogen and oxygen atoms in total. The van der Waals surface area contributed by atoms with Crippen LogP contribution in [0.25, 0.3) is 0 Å². The van der Waals surface area contributed by atoms with Gasteiger partial charge >= 0.3 is 0 Å². The summed E-state index contributed by atoms with van der Waals surface area (Å²) in [4.78, 5) is 0. The van der Waals surface area contributed by atoms with Crippen LogP contribution in [0.4, 0.5) is 4.39 Å². The van der Waals surface area contributed by atoms with E-state index in [0.29, 0.717) is 28.9 Å². The molecule has 0 aliphatic heterocycles. The van der Waals surface area contributed by atoms with E-state index in [9.17, 15) is 4.39 Å². The van der Waals surface area contributed by atoms with Crippen molar-refractivity contribution in [3.8, 4) is 11.5 Å². The molecular formula is C16H26FNO2. The second-order valence-corrected chi connectivity index (χ2v) is 5.37. The van der Waals surface area contributed by atoms with Gasteiger partial charge in [-0.2, -0.15) is 0 Å². The predicted molar refractivity (Wildman–Crippen MR) is 79.9 cm³/mol. The number of ether oxygens (including phenoxy) is 2. The van der Waals surface area contributed by atoms with Crippen LogP contribution in [-0.4, -0.2) is 20.8 Å². The van der Waals surface area contributed by atoms with Crippen molar-refractivity contribution in [2.75, 3.05) is 20.8 Å². The summed E-state index contributed by atoms with van der Waals surface area (Å²) in [5.74, 6) is 1.47. The maximum atomic E-state index is 14.4. The number of hydrogen-bond donors (Lipinski definition) is 1. The van der Waals surface area contributed by atoms with Gasteiger partial charge in [-0.25, -0.2) is 4.39 Å². The van der Waals surface area contributed by atoms with Crippen LogP contribution in [-0.2, 0) is 0 Å². The summed E-state index contributed by atoms with van der Waals surface area (Å²) in [6.45, 7) is 9.24. The molecule has 1 aromatic rings. The summed E-state index contributed by atoms with van der Waals surface area (Å²) in [6, 6.07) is 3.09. The highest BCUT2D eigenvalue weighted by molar-refractivity contribution is 5.44. The molecular weight excluding hydrogens is 257 g/mol. The number of benzene rings is 1. The first kappa shape index (κ1) is 16.8. The van der Waals surface area contributed by atoms with Gasteiger partial charge in [0.15, 0.2) is 11.5 Å². The summed E-state index contributed by atoms with van der Waals surface area (Å²) < 4.78 is 24.8. The fourth-order valence-electron chi connectivity index (χ4n) is 2.29. The third kappa shape index (κ3) is 3.63. The van der Waals surface area contributed by atoms with Crippen molar-refractivity contribution >= 4 is 0 Å². The van der Waals surface area contributed by atoms with Crippen LogP contribution in [0.1, 0.15) is 39.3 Å². The Labute approximate surface area is 121 Å². The molecule has 2 unspecified atom stereocenters. The summed E-state index contributed by atoms with van der Waals surface area (Å²) in [5, 5.41) is 3.37. The Hall–Kier alpha value is -1.29. The van der Waals surface area contributed by atoms with Crippen molar-refractivity contribution in [3.05, 3.63) is 23.5 Å². The number of halogens is 1. The zero-order valence-electron chi connectivity index (χ0n) is 13.3. The van der Waals surface area contributed by atoms with Gasteiger partial charge in [0, 0.05) is 17.7 Å². The average Bonchev–Trinajstić information content (AvgIpc) is 2.43. The van der Waals surface area contributed by atoms with E-state index in [1.165, 1.54) is 13.2 Å². The van der Waals surface area contributed by atoms with E-state index in [1.54, 1.807) is 13.2 Å². The van der Waals surface area contributed by atoms with E-state index in [4.69, 9.17) is 9.47 Å². The molecule has 4 heteroatoms. The van der Waals surface area contributed by atoms with E-state index < -0.39 is 0 Å². The van der Waals surface area contributed by atoms with Gasteiger partial charge in [0.05, 0.1) is 14.2 Å². The fourth-order valence-corrected chi connectivity index (χ4v) is 2.29. The second kappa shape index (κ2) is 7.48. The van der Waals surface area contributed by atoms with Gasteiger partial charge in [-0.1, -0.05) is 27.7 Å². The summed E-state index contributed by atoms with van der Waals surface area (Å²) in [7, 11) is 3.07. The Balaban J connectivity index is 3.25. The molecule has 20 heavy (non-hydrogen) atoms. The first-order valence-electron chi connectivity index (χ1n) is 7.11. The second-order valence-electron chi connectivity index (χ2n) is 5.37. The van der Waals surface area contributed by atoms with Crippen LogP contribution in [0.5, 0.6) is 11.5 Å². The van der Waals surface area contributed by atoms with Crippen LogP contribution in [0, 0.1) is 17.7 Å². The Morgan fingerprint density at radius 1 is 1.10 bits per heavy atom. The summed E-state index contributed by atoms with van der Waals surface area (Å²) in [5.41, 5.74) is 0.630. The first-order chi connectivity index (χ1) is 9.46. The monoisotopic (exact) mass is 283 g/mol. The van der Waals surface area contributed by atoms with Crippen molar-refractivity contribution < 1.29 is 13.9 Å². The van der Waals surface area contributed by atoms with E-state index in [-0.39, 0.29) is 11.9 Å². The maximum Gasteiger partial charge on any atom is 0.163 e. The van der Waals surface area contributed by atoms with E-state index in [2.05, 4.69) is 26.1 Å². The number of methoxy groups -OCH3 is 2. The molecule has 114 valence electrons. The highest BCUT2D eigenvalue weighted by Crippen LogP contribution is 2.36. The number of rotatable bonds is 7. The maximum absolute atomic E-state index is 14.4. The molecule has 1 rings (SSSR count). The van der Waals surface area contributed by atoms with Gasteiger partial charge in [0.2, 0.25) is 0 Å². The molecule has 0 heterocycles. The lowest BCUT2D eigenvalue weighted by molar-refractivity contribution is 0.297. The van der Waals surface area contributed by atoms with Crippen LogP contribution in [0.15, 0.2) is 12.1 Å². The molecule has 0 saturated carbocycles. The lowest BCUT2D eigenvalue weighted by Crippen LogP contribution is -2.30. The zero-order chi connectivity index (χ0) is 15.3. The van der Waals surface area contributed by atoms with E-state index in [1.807, 2.05) is 6.92 Å². The van der Waals surface area contributed by atoms with Crippen LogP contribution >= 0.6 is 0 Å². The van der Waals surface area contributed by atoms with Crippen LogP contribution < -0.4 is 14.8 Å². The van der Waals surface area contributed by atoms with Crippen molar-refractivity contribution in [1.29, 1.82) is 0 Å². The highest BCUT2D eigenvalue weighted by Gasteiger charge is 2.25. The van der Waals surface area contributed by atoms with Crippen LogP contribution in [0.3, 0.4) is 0 Å². The molecule has 1 aromatic carbocycles. The molecule has 0 aliphatic carbocycles. The van der Waals surface area contributed by atoms with E-state index >= 15 is 0 Å². The van der Waals surface area contributed by atoms with Gasteiger partial charge in [-0.3, -0.25) is 0 Å². The molecule has 0 aromatic heterocycles. The van der Waals surface area contributed by atoms with Crippen molar-refractivity contribution in [2.24, 2.45) is 11.8 Å². The Bertz CT molecular complexity index is 435. The molecule has 0 amide bonds. The minimum Gasteiger partial charge on any atom is -0.493 e. The molecule has 0 fully saturated rings. The lowest BCUT2D eigenvalue weighted by atomic mass is 9.85. The third-order valence-electron chi connectivity index (χ3n) is 3.84. The standard InChI is InChI=1S/C16H26FNO2/c1-7-18-16(11(4)10(2)3)12-8-14(19-5)15(20-6)9-13(12)17/h8-11,16,18H,7H2,1-6H3. The number of hydrogen-bond acceptors (Lipinski definition) is 3. The van der Waals surface area contributed by atoms with Gasteiger partial charge in [-0.05, 0) is 24.4 Å². The largest absolute Gasteiger partial charge is 0.493 e. The summed E-state index contributed by atoms with van der Waals surface area (Å²) >= 11 is 0. The SMILES string of the molecule is CCNC(c1cc(OC)c(OC)cc1F)C(C)C(C)C. The van der Waals surface area contributed by atoms with Gasteiger partial charge in [-0.15, -0.1) is 0 Å². The quantitative estimate of drug-likeness (QED) is 0.826. The topological polar surface area (TPSA) is 30.5 Å². The molecule has 0 saturated heterocycles. The van der Waals surface area contributed by atoms with Crippen molar-refractivity contribution in [1.82, 2.24) is 5.32 Å². The van der Waals surface area contributed by atoms with Crippen molar-refractivity contribution in [3.63, 3.8) is 0 Å². The zero-order valence-corrected chi connectivity index (χ0v) is 13.3. The molecule has 0 spiro atoms. The highest BCUT2D eigenvalue weighted by atomic mass is 19.1. The predicted octanol–water partition coefficient (Wildman–Crippen LogP) is 3.79. The molecule has 0 radical (unpaired) electrons. The van der Waals surface area contributed by atoms with E-state index in [0.717, 1.165) is 6.54 Å². The normalized spacial score (nSPS) is 14.2. The van der Waals surface area contributed by atoms with Crippen molar-refractivity contribution in [2.45, 2.75) is 33.7 Å². The van der Waals surface area contributed by atoms with Gasteiger partial charge in [0.1, 0.15) is 5.82 Å². The Kier molecular flexibility index (Phi) is 6.27. The number of nitrogens with one attached hydrogen (secondary N) is 1. The lowest BCUT2D eigenvalue weighted by Gasteiger charge is -2.29. The molecule has 0 aliphatic rings. The van der Waals surface area contributed by atoms with Gasteiger partial charge < -0.3 is 14.8 Å². The average molecular weight is 283 g/mol. The smallest absolute Gasteiger partial charge is 0.163 e. The fraction of sp³-hybridized carbons (Fsp3) is 0.625. The first-order valence-corrected chi connectivity index (χ1v) is 7.11. The Morgan fingerprint density at radius 2 is 1.65 bits per heavy atom. The Morgan fingerprint density at radius 3 is 2.10 bits per heavy atom. The molecule has 1 N–H and O–H groups in total. The minimum atomic E-state index is -0.263. The van der Waals surface area contributed by atoms with Crippen LogP contribution in [0.2, 0.25) is 0 Å². The molecule has 2 atom stereocenters. The molecule has 0 bridgehead atoms. The summed E-state index contributed by atoms with van der Waals surface area (Å²) in [6.07, 6.45) is 0. The minimum absolute atomic E-state index is 0.0418.